The van der Waals surface area contributed by atoms with E-state index in [0.717, 1.165) is 0 Å². The molecule has 0 bridgehead atoms. The van der Waals surface area contributed by atoms with Crippen molar-refractivity contribution in [2.75, 3.05) is 18.5 Å². The third kappa shape index (κ3) is 3.35. The van der Waals surface area contributed by atoms with Crippen LogP contribution in [0.3, 0.4) is 0 Å². The number of hydrogen-bond acceptors (Lipinski definition) is 4. The van der Waals surface area contributed by atoms with Crippen molar-refractivity contribution in [3.05, 3.63) is 47.9 Å². The van der Waals surface area contributed by atoms with Crippen molar-refractivity contribution in [2.45, 2.75) is 6.92 Å². The lowest BCUT2D eigenvalue weighted by molar-refractivity contribution is 0.0995. The molecular weight excluding hydrogens is 244 g/mol. The molecule has 2 aromatic rings. The number of furan rings is 1. The van der Waals surface area contributed by atoms with Gasteiger partial charge in [0.25, 0.3) is 5.91 Å². The SMILES string of the molecule is Cc1ccc(C(=O)Nc2ccccc2OCCN)o1. The predicted molar refractivity (Wildman–Crippen MR) is 72.4 cm³/mol. The number of para-hydroxylation sites is 2. The second-order valence-electron chi connectivity index (χ2n) is 4.00. The lowest BCUT2D eigenvalue weighted by Crippen LogP contribution is -2.14. The fourth-order valence-electron chi connectivity index (χ4n) is 1.61. The van der Waals surface area contributed by atoms with E-state index in [1.807, 2.05) is 12.1 Å². The average Bonchev–Trinajstić information content (AvgIpc) is 2.84. The van der Waals surface area contributed by atoms with Crippen LogP contribution in [0.2, 0.25) is 0 Å². The molecule has 0 aliphatic rings. The molecule has 19 heavy (non-hydrogen) atoms. The lowest BCUT2D eigenvalue weighted by atomic mass is 10.3. The Morgan fingerprint density at radius 3 is 2.79 bits per heavy atom. The molecule has 0 fully saturated rings. The van der Waals surface area contributed by atoms with Gasteiger partial charge >= 0.3 is 0 Å². The van der Waals surface area contributed by atoms with Crippen LogP contribution in [0.25, 0.3) is 0 Å². The summed E-state index contributed by atoms with van der Waals surface area (Å²) in [5.74, 6) is 1.24. The van der Waals surface area contributed by atoms with Gasteiger partial charge in [-0.2, -0.15) is 0 Å². The summed E-state index contributed by atoms with van der Waals surface area (Å²) < 4.78 is 10.7. The van der Waals surface area contributed by atoms with Gasteiger partial charge in [0.1, 0.15) is 18.1 Å². The zero-order valence-corrected chi connectivity index (χ0v) is 10.7. The number of benzene rings is 1. The third-order valence-corrected chi connectivity index (χ3v) is 2.47. The maximum Gasteiger partial charge on any atom is 0.291 e. The number of rotatable bonds is 5. The van der Waals surface area contributed by atoms with Crippen molar-refractivity contribution < 1.29 is 13.9 Å². The van der Waals surface area contributed by atoms with Gasteiger partial charge in [-0.15, -0.1) is 0 Å². The number of anilines is 1. The first-order chi connectivity index (χ1) is 9.20. The summed E-state index contributed by atoms with van der Waals surface area (Å²) in [6.45, 7) is 2.60. The molecule has 0 unspecified atom stereocenters. The standard InChI is InChI=1S/C14H16N2O3/c1-10-6-7-13(19-10)14(17)16-11-4-2-3-5-12(11)18-9-8-15/h2-7H,8-9,15H2,1H3,(H,16,17). The quantitative estimate of drug-likeness (QED) is 0.863. The molecule has 0 aliphatic carbocycles. The summed E-state index contributed by atoms with van der Waals surface area (Å²) >= 11 is 0. The van der Waals surface area contributed by atoms with Crippen molar-refractivity contribution in [1.29, 1.82) is 0 Å². The summed E-state index contributed by atoms with van der Waals surface area (Å²) in [4.78, 5) is 12.0. The number of ether oxygens (including phenoxy) is 1. The Hall–Kier alpha value is -2.27. The van der Waals surface area contributed by atoms with Crippen LogP contribution in [-0.4, -0.2) is 19.1 Å². The van der Waals surface area contributed by atoms with Crippen LogP contribution in [0, 0.1) is 6.92 Å². The van der Waals surface area contributed by atoms with Crippen molar-refractivity contribution >= 4 is 11.6 Å². The molecule has 2 rings (SSSR count). The van der Waals surface area contributed by atoms with Gasteiger partial charge in [0.15, 0.2) is 5.76 Å². The fourth-order valence-corrected chi connectivity index (χ4v) is 1.61. The van der Waals surface area contributed by atoms with Crippen LogP contribution in [0.5, 0.6) is 5.75 Å². The minimum atomic E-state index is -0.308. The number of nitrogens with two attached hydrogens (primary N) is 1. The summed E-state index contributed by atoms with van der Waals surface area (Å²) in [5, 5.41) is 2.75. The van der Waals surface area contributed by atoms with Crippen LogP contribution >= 0.6 is 0 Å². The van der Waals surface area contributed by atoms with Crippen LogP contribution in [0.4, 0.5) is 5.69 Å². The number of carbonyl (C=O) groups is 1. The summed E-state index contributed by atoms with van der Waals surface area (Å²) in [6, 6.07) is 10.6. The number of carbonyl (C=O) groups excluding carboxylic acids is 1. The molecular formula is C14H16N2O3. The van der Waals surface area contributed by atoms with E-state index in [2.05, 4.69) is 5.32 Å². The first-order valence-corrected chi connectivity index (χ1v) is 6.00. The van der Waals surface area contributed by atoms with Gasteiger partial charge in [-0.05, 0) is 31.2 Å². The van der Waals surface area contributed by atoms with Crippen LogP contribution in [0.15, 0.2) is 40.8 Å². The van der Waals surface area contributed by atoms with Gasteiger partial charge in [0, 0.05) is 6.54 Å². The van der Waals surface area contributed by atoms with Crippen LogP contribution in [0.1, 0.15) is 16.3 Å². The number of aryl methyl sites for hydroxylation is 1. The van der Waals surface area contributed by atoms with E-state index < -0.39 is 0 Å². The first kappa shape index (κ1) is 13.2. The Morgan fingerprint density at radius 1 is 1.32 bits per heavy atom. The highest BCUT2D eigenvalue weighted by molar-refractivity contribution is 6.03. The third-order valence-electron chi connectivity index (χ3n) is 2.47. The highest BCUT2D eigenvalue weighted by Gasteiger charge is 2.12. The molecule has 1 aromatic carbocycles. The van der Waals surface area contributed by atoms with Crippen molar-refractivity contribution in [3.63, 3.8) is 0 Å². The Kier molecular flexibility index (Phi) is 4.20. The molecule has 5 nitrogen and oxygen atoms in total. The molecule has 5 heteroatoms. The van der Waals surface area contributed by atoms with E-state index in [1.54, 1.807) is 31.2 Å². The van der Waals surface area contributed by atoms with Gasteiger partial charge in [-0.1, -0.05) is 12.1 Å². The fraction of sp³-hybridized carbons (Fsp3) is 0.214. The molecule has 1 heterocycles. The Balaban J connectivity index is 2.12. The van der Waals surface area contributed by atoms with Crippen molar-refractivity contribution in [1.82, 2.24) is 0 Å². The normalized spacial score (nSPS) is 10.2. The molecule has 0 saturated carbocycles. The molecule has 1 aromatic heterocycles. The van der Waals surface area contributed by atoms with E-state index in [1.165, 1.54) is 0 Å². The van der Waals surface area contributed by atoms with Crippen LogP contribution < -0.4 is 15.8 Å². The minimum absolute atomic E-state index is 0.270. The second kappa shape index (κ2) is 6.06. The molecule has 0 atom stereocenters. The molecule has 100 valence electrons. The largest absolute Gasteiger partial charge is 0.490 e. The summed E-state index contributed by atoms with van der Waals surface area (Å²) in [5.41, 5.74) is 5.99. The van der Waals surface area contributed by atoms with E-state index in [-0.39, 0.29) is 11.7 Å². The maximum atomic E-state index is 12.0. The van der Waals surface area contributed by atoms with Crippen molar-refractivity contribution in [2.24, 2.45) is 5.73 Å². The highest BCUT2D eigenvalue weighted by Crippen LogP contribution is 2.24. The molecule has 0 spiro atoms. The number of hydrogen-bond donors (Lipinski definition) is 2. The Morgan fingerprint density at radius 2 is 2.11 bits per heavy atom. The van der Waals surface area contributed by atoms with Crippen LogP contribution in [-0.2, 0) is 0 Å². The van der Waals surface area contributed by atoms with E-state index in [4.69, 9.17) is 14.9 Å². The van der Waals surface area contributed by atoms with Gasteiger partial charge in [0.05, 0.1) is 5.69 Å². The monoisotopic (exact) mass is 260 g/mol. The maximum absolute atomic E-state index is 12.0. The minimum Gasteiger partial charge on any atom is -0.490 e. The lowest BCUT2D eigenvalue weighted by Gasteiger charge is -2.10. The smallest absolute Gasteiger partial charge is 0.291 e. The van der Waals surface area contributed by atoms with E-state index >= 15 is 0 Å². The van der Waals surface area contributed by atoms with Gasteiger partial charge in [-0.3, -0.25) is 4.79 Å². The molecule has 0 radical (unpaired) electrons. The molecule has 1 amide bonds. The number of nitrogens with one attached hydrogen (secondary N) is 1. The first-order valence-electron chi connectivity index (χ1n) is 6.00. The molecule has 0 saturated heterocycles. The van der Waals surface area contributed by atoms with E-state index in [9.17, 15) is 4.79 Å². The summed E-state index contributed by atoms with van der Waals surface area (Å²) in [6.07, 6.45) is 0. The highest BCUT2D eigenvalue weighted by atomic mass is 16.5. The topological polar surface area (TPSA) is 77.5 Å². The van der Waals surface area contributed by atoms with Gasteiger partial charge < -0.3 is 20.2 Å². The van der Waals surface area contributed by atoms with E-state index in [0.29, 0.717) is 30.3 Å². The zero-order valence-electron chi connectivity index (χ0n) is 10.7. The second-order valence-corrected chi connectivity index (χ2v) is 4.00. The summed E-state index contributed by atoms with van der Waals surface area (Å²) in [7, 11) is 0. The Labute approximate surface area is 111 Å². The Bertz CT molecular complexity index is 563. The van der Waals surface area contributed by atoms with Gasteiger partial charge in [-0.25, -0.2) is 0 Å². The number of amides is 1. The predicted octanol–water partition coefficient (Wildman–Crippen LogP) is 2.18. The molecule has 0 aliphatic heterocycles. The zero-order chi connectivity index (χ0) is 13.7. The molecule has 3 N–H and O–H groups in total. The van der Waals surface area contributed by atoms with Gasteiger partial charge in [0.2, 0.25) is 0 Å². The van der Waals surface area contributed by atoms with Crippen molar-refractivity contribution in [3.8, 4) is 5.75 Å². The average molecular weight is 260 g/mol.